The molecule has 0 atom stereocenters. The van der Waals surface area contributed by atoms with Crippen molar-refractivity contribution in [3.05, 3.63) is 23.8 Å². The molecule has 0 aromatic heterocycles. The molecule has 5 N–H and O–H groups in total. The molecule has 0 amide bonds. The maximum absolute atomic E-state index is 10.4. The number of hydrogen-bond donors (Lipinski definition) is 3. The van der Waals surface area contributed by atoms with Crippen LogP contribution in [-0.4, -0.2) is 48.8 Å². The fraction of sp³-hybridized carbons (Fsp3) is 0. The quantitative estimate of drug-likeness (QED) is 0.420. The van der Waals surface area contributed by atoms with Gasteiger partial charge in [-0.15, -0.1) is 0 Å². The Bertz CT molecular complexity index is 301. The Balaban J connectivity index is 0.00000121. The summed E-state index contributed by atoms with van der Waals surface area (Å²) in [6.45, 7) is 0. The standard InChI is InChI=1S/C7H8N2O2.Ca.2H/c8-5-3-1-2-4(6(5)9)7(10)11;;;/h1-3H,8-9H2,(H,10,11);;;. The summed E-state index contributed by atoms with van der Waals surface area (Å²) < 4.78 is 0. The molecule has 0 heterocycles. The normalized spacial score (nSPS) is 8.67. The van der Waals surface area contributed by atoms with E-state index in [1.54, 1.807) is 12.1 Å². The molecular formula is C7H10CaN2O2. The Kier molecular flexibility index (Phi) is 4.37. The summed E-state index contributed by atoms with van der Waals surface area (Å²) in [5, 5.41) is 8.55. The zero-order valence-corrected chi connectivity index (χ0v) is 5.74. The molecule has 1 rings (SSSR count). The van der Waals surface area contributed by atoms with E-state index in [-0.39, 0.29) is 49.0 Å². The van der Waals surface area contributed by atoms with Crippen LogP contribution in [0.3, 0.4) is 0 Å². The third kappa shape index (κ3) is 2.27. The summed E-state index contributed by atoms with van der Waals surface area (Å²) >= 11 is 0. The van der Waals surface area contributed by atoms with Gasteiger partial charge in [0.25, 0.3) is 0 Å². The van der Waals surface area contributed by atoms with E-state index in [1.807, 2.05) is 0 Å². The molecule has 1 aromatic rings. The number of aromatic carboxylic acids is 1. The number of nitrogens with two attached hydrogens (primary N) is 2. The maximum atomic E-state index is 10.4. The van der Waals surface area contributed by atoms with Gasteiger partial charge in [-0.3, -0.25) is 0 Å². The Hall–Kier alpha value is -0.450. The van der Waals surface area contributed by atoms with Crippen LogP contribution in [0.25, 0.3) is 0 Å². The van der Waals surface area contributed by atoms with E-state index in [1.165, 1.54) is 6.07 Å². The molecule has 5 heteroatoms. The third-order valence-corrected chi connectivity index (χ3v) is 1.37. The number of carbonyl (C=O) groups is 1. The number of carboxylic acids is 1. The van der Waals surface area contributed by atoms with Gasteiger partial charge >= 0.3 is 43.7 Å². The van der Waals surface area contributed by atoms with Gasteiger partial charge in [-0.25, -0.2) is 4.79 Å². The molecule has 0 aliphatic rings. The number of carboxylic acid groups (broad SMARTS) is 1. The van der Waals surface area contributed by atoms with E-state index < -0.39 is 5.97 Å². The van der Waals surface area contributed by atoms with E-state index in [4.69, 9.17) is 16.6 Å². The molecule has 0 spiro atoms. The van der Waals surface area contributed by atoms with Gasteiger partial charge in [0.2, 0.25) is 0 Å². The van der Waals surface area contributed by atoms with Gasteiger partial charge in [0.1, 0.15) is 0 Å². The SMILES string of the molecule is Nc1cccc(C(=O)O)c1N.[CaH2]. The van der Waals surface area contributed by atoms with Crippen LogP contribution in [0.1, 0.15) is 10.4 Å². The Labute approximate surface area is 99.5 Å². The number of hydrogen-bond acceptors (Lipinski definition) is 3. The number of nitrogen functional groups attached to an aromatic ring is 2. The second kappa shape index (κ2) is 4.54. The van der Waals surface area contributed by atoms with E-state index in [0.717, 1.165) is 0 Å². The van der Waals surface area contributed by atoms with Crippen LogP contribution in [0.5, 0.6) is 0 Å². The number of anilines is 2. The molecule has 0 aliphatic heterocycles. The fourth-order valence-electron chi connectivity index (χ4n) is 0.770. The summed E-state index contributed by atoms with van der Waals surface area (Å²) in [6, 6.07) is 4.52. The second-order valence-corrected chi connectivity index (χ2v) is 2.11. The molecule has 0 radical (unpaired) electrons. The number of rotatable bonds is 1. The number of benzene rings is 1. The van der Waals surface area contributed by atoms with Crippen molar-refractivity contribution in [2.24, 2.45) is 0 Å². The molecule has 0 saturated carbocycles. The van der Waals surface area contributed by atoms with E-state index in [2.05, 4.69) is 0 Å². The van der Waals surface area contributed by atoms with Crippen molar-refractivity contribution in [3.8, 4) is 0 Å². The van der Waals surface area contributed by atoms with Gasteiger partial charge in [-0.05, 0) is 12.1 Å². The van der Waals surface area contributed by atoms with Gasteiger partial charge in [0, 0.05) is 0 Å². The van der Waals surface area contributed by atoms with Crippen LogP contribution in [0.4, 0.5) is 11.4 Å². The first-order valence-electron chi connectivity index (χ1n) is 3.00. The van der Waals surface area contributed by atoms with Crippen LogP contribution < -0.4 is 11.5 Å². The van der Waals surface area contributed by atoms with Crippen molar-refractivity contribution < 1.29 is 9.90 Å². The van der Waals surface area contributed by atoms with Crippen molar-refractivity contribution in [3.63, 3.8) is 0 Å². The van der Waals surface area contributed by atoms with Crippen LogP contribution in [0.15, 0.2) is 18.2 Å². The summed E-state index contributed by atoms with van der Waals surface area (Å²) in [6.07, 6.45) is 0. The van der Waals surface area contributed by atoms with E-state index in [0.29, 0.717) is 5.69 Å². The molecule has 0 fully saturated rings. The predicted octanol–water partition coefficient (Wildman–Crippen LogP) is -0.367. The van der Waals surface area contributed by atoms with Gasteiger partial charge in [0.15, 0.2) is 0 Å². The fourth-order valence-corrected chi connectivity index (χ4v) is 0.770. The minimum absolute atomic E-state index is 0. The van der Waals surface area contributed by atoms with Crippen LogP contribution in [-0.2, 0) is 0 Å². The molecular weight excluding hydrogens is 184 g/mol. The Morgan fingerprint density at radius 1 is 1.33 bits per heavy atom. The van der Waals surface area contributed by atoms with Crippen LogP contribution in [0, 0.1) is 0 Å². The molecule has 1 aromatic carbocycles. The predicted molar refractivity (Wildman–Crippen MR) is 50.8 cm³/mol. The summed E-state index contributed by atoms with van der Waals surface area (Å²) in [4.78, 5) is 10.4. The summed E-state index contributed by atoms with van der Waals surface area (Å²) in [5.74, 6) is -1.06. The second-order valence-electron chi connectivity index (χ2n) is 2.11. The van der Waals surface area contributed by atoms with Crippen molar-refractivity contribution >= 4 is 55.1 Å². The monoisotopic (exact) mass is 194 g/mol. The first kappa shape index (κ1) is 11.5. The average Bonchev–Trinajstić information content (AvgIpc) is 1.94. The van der Waals surface area contributed by atoms with Crippen molar-refractivity contribution in [1.82, 2.24) is 0 Å². The molecule has 0 aliphatic carbocycles. The first-order chi connectivity index (χ1) is 5.13. The van der Waals surface area contributed by atoms with Gasteiger partial charge in [-0.1, -0.05) is 6.07 Å². The van der Waals surface area contributed by atoms with E-state index >= 15 is 0 Å². The van der Waals surface area contributed by atoms with Gasteiger partial charge in [-0.2, -0.15) is 0 Å². The first-order valence-corrected chi connectivity index (χ1v) is 3.00. The zero-order chi connectivity index (χ0) is 8.43. The topological polar surface area (TPSA) is 89.3 Å². The third-order valence-electron chi connectivity index (χ3n) is 1.37. The summed E-state index contributed by atoms with van der Waals surface area (Å²) in [7, 11) is 0. The van der Waals surface area contributed by atoms with Crippen molar-refractivity contribution in [1.29, 1.82) is 0 Å². The molecule has 62 valence electrons. The van der Waals surface area contributed by atoms with Gasteiger partial charge < -0.3 is 16.6 Å². The summed E-state index contributed by atoms with van der Waals surface area (Å²) in [5.41, 5.74) is 11.2. The molecule has 0 saturated heterocycles. The minimum atomic E-state index is -1.06. The zero-order valence-electron chi connectivity index (χ0n) is 5.74. The van der Waals surface area contributed by atoms with E-state index in [9.17, 15) is 4.79 Å². The van der Waals surface area contributed by atoms with Gasteiger partial charge in [0.05, 0.1) is 16.9 Å². The average molecular weight is 194 g/mol. The number of para-hydroxylation sites is 1. The molecule has 12 heavy (non-hydrogen) atoms. The molecule has 0 unspecified atom stereocenters. The Morgan fingerprint density at radius 2 is 1.92 bits per heavy atom. The Morgan fingerprint density at radius 3 is 2.33 bits per heavy atom. The molecule has 4 nitrogen and oxygen atoms in total. The van der Waals surface area contributed by atoms with Crippen molar-refractivity contribution in [2.45, 2.75) is 0 Å². The van der Waals surface area contributed by atoms with Crippen LogP contribution >= 0.6 is 0 Å². The molecule has 0 bridgehead atoms. The van der Waals surface area contributed by atoms with Crippen molar-refractivity contribution in [2.75, 3.05) is 11.5 Å². The van der Waals surface area contributed by atoms with Crippen LogP contribution in [0.2, 0.25) is 0 Å².